The number of aromatic amines is 1. The van der Waals surface area contributed by atoms with Crippen molar-refractivity contribution in [3.8, 4) is 0 Å². The number of aryl methyl sites for hydroxylation is 2. The maximum atomic E-state index is 15.7. The van der Waals surface area contributed by atoms with E-state index < -0.39 is 71.5 Å². The second kappa shape index (κ2) is 17.3. The fraction of sp³-hybridized carbons (Fsp3) is 0.517. The number of amides is 1. The Morgan fingerprint density at radius 2 is 1.81 bits per heavy atom. The van der Waals surface area contributed by atoms with E-state index in [4.69, 9.17) is 23.8 Å². The molecule has 1 amide bonds. The average Bonchev–Trinajstić information content (AvgIpc) is 3.75. The van der Waals surface area contributed by atoms with Gasteiger partial charge < -0.3 is 52.0 Å². The van der Waals surface area contributed by atoms with Crippen molar-refractivity contribution in [1.82, 2.24) is 19.3 Å². The third-order valence-corrected chi connectivity index (χ3v) is 15.5. The maximum absolute atomic E-state index is 15.7. The Labute approximate surface area is 331 Å². The van der Waals surface area contributed by atoms with Crippen LogP contribution in [-0.2, 0) is 47.5 Å². The first kappa shape index (κ1) is 45.6. The van der Waals surface area contributed by atoms with Gasteiger partial charge in [-0.05, 0) is 51.9 Å². The Morgan fingerprint density at radius 1 is 1.11 bits per heavy atom. The summed E-state index contributed by atoms with van der Waals surface area (Å²) >= 11 is 0. The van der Waals surface area contributed by atoms with Gasteiger partial charge in [-0.15, -0.1) is 0 Å². The van der Waals surface area contributed by atoms with Gasteiger partial charge in [-0.2, -0.15) is 8.62 Å². The van der Waals surface area contributed by atoms with Crippen LogP contribution in [0, 0.1) is 6.92 Å². The molecule has 20 nitrogen and oxygen atoms in total. The van der Waals surface area contributed by atoms with Crippen molar-refractivity contribution in [1.29, 1.82) is 0 Å². The van der Waals surface area contributed by atoms with Gasteiger partial charge in [0.2, 0.25) is 5.91 Å². The molecule has 5 rings (SSSR count). The minimum Gasteiger partial charge on any atom is -0.394 e. The Balaban J connectivity index is 1.14. The summed E-state index contributed by atoms with van der Waals surface area (Å²) in [5, 5.41) is 2.84. The van der Waals surface area contributed by atoms with Crippen molar-refractivity contribution < 1.29 is 73.8 Å². The average molecular weight is 906 g/mol. The Kier molecular flexibility index (Phi) is 13.8. The number of ether oxygens (including phenoxy) is 2. The molecule has 0 spiro atoms. The Morgan fingerprint density at radius 3 is 2.49 bits per heavy atom. The molecule has 3 aliphatic rings. The van der Waals surface area contributed by atoms with Crippen LogP contribution in [0.3, 0.4) is 0 Å². The minimum absolute atomic E-state index is 0.0360. The topological polar surface area (TPSA) is 270 Å². The number of phosphoric ester groups is 1. The summed E-state index contributed by atoms with van der Waals surface area (Å²) < 4.78 is 93.0. The Bertz CT molecular complexity index is 2280. The predicted molar refractivity (Wildman–Crippen MR) is 205 cm³/mol. The van der Waals surface area contributed by atoms with Crippen molar-refractivity contribution >= 4 is 69.7 Å². The summed E-state index contributed by atoms with van der Waals surface area (Å²) in [6.07, 6.45) is 1.38. The highest BCUT2D eigenvalue weighted by Gasteiger charge is 2.53. The monoisotopic (exact) mass is 905 g/mol. The SMILES string of the molecule is CC1=CC(C)=[N+]2C1=Cc1ccc(CCC(=O)NCC(C)(C)SSCOC3C[C@H](n4cc(C)c(=O)[nH]c4=O)O[C@@H]3COP(=O)(O)OP(=O)(O)OP(=O)(O)O)n1[B-]2(F)F. The molecule has 5 heterocycles. The van der Waals surface area contributed by atoms with E-state index in [1.807, 2.05) is 13.8 Å². The standard InChI is InChI=1S/C29H41BF2N5O15P3S2/c1-17-10-19(3)36-22(17)11-21-7-6-20(37(21)30(36,31)32)8-9-25(38)33-15-29(4,5)57-56-16-48-23-12-26(35-13-18(2)27(39)34-28(35)40)50-24(23)14-49-54(44,45)52-55(46,47)51-53(41,42)43/h6-7,10-11,13,23-24,26H,8-9,12,14-16H2,1-5H3,(H,33,38)(H,44,45)(H,46,47)(H,34,39,40)(H2,41,42,43)/t23?,24-,26-/m1/s1. The van der Waals surface area contributed by atoms with Crippen molar-refractivity contribution in [3.63, 3.8) is 0 Å². The van der Waals surface area contributed by atoms with Gasteiger partial charge >= 0.3 is 36.1 Å². The minimum atomic E-state index is -5.79. The van der Waals surface area contributed by atoms with Gasteiger partial charge in [0.25, 0.3) is 5.56 Å². The van der Waals surface area contributed by atoms with E-state index in [0.29, 0.717) is 22.8 Å². The molecule has 5 atom stereocenters. The molecule has 0 saturated carbocycles. The lowest BCUT2D eigenvalue weighted by Gasteiger charge is -2.31. The first-order chi connectivity index (χ1) is 26.3. The smallest absolute Gasteiger partial charge is 0.394 e. The number of phosphoric acid groups is 3. The highest BCUT2D eigenvalue weighted by atomic mass is 33.1. The molecule has 2 aromatic rings. The predicted octanol–water partition coefficient (Wildman–Crippen LogP) is 3.54. The summed E-state index contributed by atoms with van der Waals surface area (Å²) in [5.41, 5.74) is 1.05. The van der Waals surface area contributed by atoms with Crippen LogP contribution in [0.15, 0.2) is 45.3 Å². The first-order valence-corrected chi connectivity index (χ1v) is 23.8. The van der Waals surface area contributed by atoms with Gasteiger partial charge in [-0.25, -0.2) is 18.5 Å². The molecule has 57 heavy (non-hydrogen) atoms. The zero-order valence-corrected chi connectivity index (χ0v) is 35.3. The zero-order chi connectivity index (χ0) is 42.3. The quantitative estimate of drug-likeness (QED) is 0.0411. The molecule has 0 radical (unpaired) electrons. The molecule has 3 unspecified atom stereocenters. The highest BCUT2D eigenvalue weighted by molar-refractivity contribution is 8.77. The molecular weight excluding hydrogens is 864 g/mol. The number of carbonyl (C=O) groups excluding carboxylic acids is 1. The number of rotatable bonds is 18. The second-order valence-corrected chi connectivity index (χ2v) is 21.2. The van der Waals surface area contributed by atoms with Crippen molar-refractivity contribution in [2.24, 2.45) is 0 Å². The highest BCUT2D eigenvalue weighted by Crippen LogP contribution is 2.66. The number of nitrogens with one attached hydrogen (secondary N) is 2. The summed E-state index contributed by atoms with van der Waals surface area (Å²) in [6.45, 7) is 3.74. The number of fused-ring (bicyclic) bond motifs is 2. The van der Waals surface area contributed by atoms with Crippen LogP contribution in [0.5, 0.6) is 0 Å². The van der Waals surface area contributed by atoms with E-state index in [0.717, 1.165) is 19.1 Å². The van der Waals surface area contributed by atoms with Crippen LogP contribution in [0.2, 0.25) is 0 Å². The number of aromatic nitrogens is 3. The molecule has 3 aliphatic heterocycles. The molecule has 0 aliphatic carbocycles. The van der Waals surface area contributed by atoms with Gasteiger partial charge in [0, 0.05) is 66.2 Å². The Hall–Kier alpha value is -2.47. The molecule has 0 bridgehead atoms. The van der Waals surface area contributed by atoms with Gasteiger partial charge in [-0.3, -0.25) is 23.7 Å². The number of hydrogen-bond acceptors (Lipinski definition) is 13. The van der Waals surface area contributed by atoms with Crippen molar-refractivity contribution in [3.05, 3.63) is 73.5 Å². The van der Waals surface area contributed by atoms with Crippen LogP contribution in [0.1, 0.15) is 63.7 Å². The molecule has 6 N–H and O–H groups in total. The normalized spacial score (nSPS) is 22.7. The third kappa shape index (κ3) is 11.4. The van der Waals surface area contributed by atoms with Gasteiger partial charge in [0.15, 0.2) is 5.70 Å². The van der Waals surface area contributed by atoms with E-state index in [2.05, 4.69) is 18.9 Å². The zero-order valence-electron chi connectivity index (χ0n) is 31.0. The lowest BCUT2D eigenvalue weighted by Crippen LogP contribution is -2.50. The number of allylic oxidation sites excluding steroid dienone is 2. The summed E-state index contributed by atoms with van der Waals surface area (Å²) in [5.74, 6) is -0.381. The van der Waals surface area contributed by atoms with Crippen LogP contribution in [-0.4, -0.2) is 92.7 Å². The number of hydrogen-bond donors (Lipinski definition) is 6. The van der Waals surface area contributed by atoms with Crippen molar-refractivity contribution in [2.75, 3.05) is 19.1 Å². The van der Waals surface area contributed by atoms with Gasteiger partial charge in [0.05, 0.1) is 12.7 Å². The number of carbonyl (C=O) groups is 1. The fourth-order valence-corrected chi connectivity index (χ4v) is 11.5. The first-order valence-electron chi connectivity index (χ1n) is 17.0. The van der Waals surface area contributed by atoms with E-state index in [1.54, 1.807) is 38.1 Å². The maximum Gasteiger partial charge on any atom is 0.737 e. The number of nitrogens with zero attached hydrogens (tertiary/aromatic N) is 3. The number of halogens is 2. The summed E-state index contributed by atoms with van der Waals surface area (Å²) in [6, 6.07) is 3.22. The number of H-pyrrole nitrogens is 1. The molecule has 1 saturated heterocycles. The summed E-state index contributed by atoms with van der Waals surface area (Å²) in [4.78, 5) is 76.3. The van der Waals surface area contributed by atoms with E-state index in [9.17, 15) is 37.9 Å². The van der Waals surface area contributed by atoms with E-state index in [-0.39, 0.29) is 43.2 Å². The van der Waals surface area contributed by atoms with Gasteiger partial charge in [-0.1, -0.05) is 21.6 Å². The lowest BCUT2D eigenvalue weighted by molar-refractivity contribution is -0.362. The molecule has 28 heteroatoms. The van der Waals surface area contributed by atoms with Crippen molar-refractivity contribution in [2.45, 2.75) is 77.1 Å². The molecule has 1 fully saturated rings. The van der Waals surface area contributed by atoms with Crippen LogP contribution in [0.4, 0.5) is 8.63 Å². The molecule has 316 valence electrons. The summed E-state index contributed by atoms with van der Waals surface area (Å²) in [7, 11) is -14.4. The van der Waals surface area contributed by atoms with E-state index >= 15 is 8.63 Å². The largest absolute Gasteiger partial charge is 0.737 e. The molecular formula is C29H41BF2N5O15P3S2. The fourth-order valence-electron chi connectivity index (χ4n) is 6.33. The second-order valence-electron chi connectivity index (χ2n) is 13.9. The van der Waals surface area contributed by atoms with Crippen LogP contribution in [0.25, 0.3) is 6.08 Å². The third-order valence-electron chi connectivity index (χ3n) is 8.80. The van der Waals surface area contributed by atoms with E-state index in [1.165, 1.54) is 34.7 Å². The van der Waals surface area contributed by atoms with Crippen LogP contribution < -0.4 is 16.6 Å². The van der Waals surface area contributed by atoms with Crippen LogP contribution >= 0.6 is 45.1 Å². The lowest BCUT2D eigenvalue weighted by atomic mass is 9.89. The van der Waals surface area contributed by atoms with Gasteiger partial charge in [0.1, 0.15) is 24.0 Å². The molecule has 0 aromatic carbocycles. The molecule has 2 aromatic heterocycles.